The third-order valence-corrected chi connectivity index (χ3v) is 3.80. The summed E-state index contributed by atoms with van der Waals surface area (Å²) in [7, 11) is 0. The van der Waals surface area contributed by atoms with Crippen LogP contribution in [0.1, 0.15) is 27.7 Å². The Kier molecular flexibility index (Phi) is 7.54. The molecule has 2 rings (SSSR count). The second-order valence-electron chi connectivity index (χ2n) is 7.09. The number of carbonyl (C=O) groups excluding carboxylic acids is 1. The minimum atomic E-state index is -1.14. The van der Waals surface area contributed by atoms with Crippen LogP contribution in [0.5, 0.6) is 11.5 Å². The van der Waals surface area contributed by atoms with Crippen molar-refractivity contribution in [3.63, 3.8) is 0 Å². The van der Waals surface area contributed by atoms with E-state index >= 15 is 0 Å². The number of nitrogens with one attached hydrogen (secondary N) is 2. The molecule has 1 heterocycles. The van der Waals surface area contributed by atoms with Crippen LogP contribution < -0.4 is 15.4 Å². The zero-order valence-electron chi connectivity index (χ0n) is 17.1. The number of nitrogens with zero attached hydrogens (tertiary/aromatic N) is 2. The van der Waals surface area contributed by atoms with Crippen LogP contribution in [0.4, 0.5) is 21.1 Å². The van der Waals surface area contributed by atoms with Crippen LogP contribution in [-0.2, 0) is 4.74 Å². The number of pyridine rings is 1. The first-order valence-corrected chi connectivity index (χ1v) is 9.53. The Morgan fingerprint density at radius 1 is 1.17 bits per heavy atom. The number of ether oxygens (including phenoxy) is 2. The fourth-order valence-electron chi connectivity index (χ4n) is 2.25. The van der Waals surface area contributed by atoms with E-state index in [2.05, 4.69) is 15.6 Å². The van der Waals surface area contributed by atoms with Crippen molar-refractivity contribution in [1.29, 1.82) is 0 Å². The molecule has 0 radical (unpaired) electrons. The Bertz CT molecular complexity index is 912. The summed E-state index contributed by atoms with van der Waals surface area (Å²) >= 11 is 5.07. The van der Waals surface area contributed by atoms with Gasteiger partial charge in [-0.15, -0.1) is 0 Å². The van der Waals surface area contributed by atoms with Crippen LogP contribution in [0.3, 0.4) is 0 Å². The molecule has 1 aromatic carbocycles. The summed E-state index contributed by atoms with van der Waals surface area (Å²) in [5.41, 5.74) is -0.0766. The third kappa shape index (κ3) is 7.21. The van der Waals surface area contributed by atoms with E-state index in [1.807, 2.05) is 0 Å². The highest BCUT2D eigenvalue weighted by atomic mass is 32.1. The van der Waals surface area contributed by atoms with Gasteiger partial charge in [-0.25, -0.2) is 14.6 Å². The van der Waals surface area contributed by atoms with Gasteiger partial charge in [0.25, 0.3) is 0 Å². The van der Waals surface area contributed by atoms with E-state index in [-0.39, 0.29) is 11.7 Å². The van der Waals surface area contributed by atoms with Gasteiger partial charge in [0.05, 0.1) is 6.20 Å². The number of thiocarbonyl (C=S) groups is 1. The van der Waals surface area contributed by atoms with Gasteiger partial charge in [-0.05, 0) is 64.2 Å². The van der Waals surface area contributed by atoms with Crippen molar-refractivity contribution in [2.45, 2.75) is 33.3 Å². The average Bonchev–Trinajstić information content (AvgIpc) is 2.62. The van der Waals surface area contributed by atoms with Crippen molar-refractivity contribution in [3.05, 3.63) is 42.6 Å². The zero-order valence-corrected chi connectivity index (χ0v) is 17.9. The van der Waals surface area contributed by atoms with Gasteiger partial charge in [-0.1, -0.05) is 6.07 Å². The second kappa shape index (κ2) is 9.88. The van der Waals surface area contributed by atoms with Crippen LogP contribution >= 0.6 is 12.2 Å². The monoisotopic (exact) mass is 432 g/mol. The minimum Gasteiger partial charge on any atom is -0.465 e. The standard InChI is InChI=1S/C20H24N4O5S/c1-5-24(19(26)27)17(30)23-16-10-9-15(12-21-16)28-14-8-6-7-13(11-14)22-18(25)29-20(2,3)4/h6-12H,5H2,1-4H3,(H,22,25)(H,26,27)(H,21,23,30). The Morgan fingerprint density at radius 2 is 1.90 bits per heavy atom. The molecule has 0 unspecified atom stereocenters. The topological polar surface area (TPSA) is 113 Å². The van der Waals surface area contributed by atoms with Gasteiger partial charge in [0.15, 0.2) is 5.11 Å². The first-order valence-electron chi connectivity index (χ1n) is 9.13. The van der Waals surface area contributed by atoms with Gasteiger partial charge in [0.2, 0.25) is 0 Å². The molecule has 0 bridgehead atoms. The van der Waals surface area contributed by atoms with Crippen LogP contribution in [0, 0.1) is 0 Å². The molecule has 0 saturated heterocycles. The largest absolute Gasteiger partial charge is 0.465 e. The Hall–Kier alpha value is -3.40. The maximum absolute atomic E-state index is 11.9. The molecule has 0 saturated carbocycles. The minimum absolute atomic E-state index is 0.0343. The molecule has 0 aliphatic carbocycles. The molecule has 160 valence electrons. The highest BCUT2D eigenvalue weighted by Gasteiger charge is 2.17. The lowest BCUT2D eigenvalue weighted by molar-refractivity contribution is 0.0636. The molecule has 9 nitrogen and oxygen atoms in total. The average molecular weight is 433 g/mol. The van der Waals surface area contributed by atoms with Crippen molar-refractivity contribution >= 4 is 41.0 Å². The van der Waals surface area contributed by atoms with Crippen LogP contribution in [-0.4, -0.2) is 44.4 Å². The highest BCUT2D eigenvalue weighted by molar-refractivity contribution is 7.80. The number of hydrogen-bond donors (Lipinski definition) is 3. The molecule has 3 N–H and O–H groups in total. The summed E-state index contributed by atoms with van der Waals surface area (Å²) in [6.45, 7) is 7.25. The molecule has 0 aliphatic rings. The van der Waals surface area contributed by atoms with Crippen molar-refractivity contribution in [2.24, 2.45) is 0 Å². The summed E-state index contributed by atoms with van der Waals surface area (Å²) in [5.74, 6) is 1.32. The smallest absolute Gasteiger partial charge is 0.413 e. The second-order valence-corrected chi connectivity index (χ2v) is 7.48. The summed E-state index contributed by atoms with van der Waals surface area (Å²) in [4.78, 5) is 28.2. The number of rotatable bonds is 5. The molecule has 0 fully saturated rings. The zero-order chi connectivity index (χ0) is 22.3. The lowest BCUT2D eigenvalue weighted by Gasteiger charge is -2.19. The van der Waals surface area contributed by atoms with Gasteiger partial charge in [0, 0.05) is 18.3 Å². The molecule has 1 aromatic heterocycles. The van der Waals surface area contributed by atoms with E-state index in [1.54, 1.807) is 64.1 Å². The normalized spacial score (nSPS) is 10.7. The molecule has 10 heteroatoms. The van der Waals surface area contributed by atoms with E-state index < -0.39 is 17.8 Å². The molecule has 0 aliphatic heterocycles. The van der Waals surface area contributed by atoms with Gasteiger partial charge in [-0.2, -0.15) is 0 Å². The van der Waals surface area contributed by atoms with E-state index in [0.717, 1.165) is 4.90 Å². The Morgan fingerprint density at radius 3 is 2.47 bits per heavy atom. The molecule has 0 atom stereocenters. The summed E-state index contributed by atoms with van der Waals surface area (Å²) in [5, 5.41) is 14.5. The number of amides is 2. The maximum atomic E-state index is 11.9. The van der Waals surface area contributed by atoms with Crippen LogP contribution in [0.25, 0.3) is 0 Å². The first-order chi connectivity index (χ1) is 14.1. The highest BCUT2D eigenvalue weighted by Crippen LogP contribution is 2.24. The lowest BCUT2D eigenvalue weighted by Crippen LogP contribution is -2.38. The van der Waals surface area contributed by atoms with Crippen molar-refractivity contribution < 1.29 is 24.2 Å². The maximum Gasteiger partial charge on any atom is 0.413 e. The molecule has 2 amide bonds. The number of aromatic nitrogens is 1. The lowest BCUT2D eigenvalue weighted by atomic mass is 10.2. The Labute approximate surface area is 180 Å². The summed E-state index contributed by atoms with van der Waals surface area (Å²) < 4.78 is 11.0. The first kappa shape index (κ1) is 22.9. The van der Waals surface area contributed by atoms with Gasteiger partial charge in [0.1, 0.15) is 22.9 Å². The predicted octanol–water partition coefficient (Wildman–Crippen LogP) is 4.92. The molecule has 2 aromatic rings. The van der Waals surface area contributed by atoms with Crippen molar-refractivity contribution in [3.8, 4) is 11.5 Å². The van der Waals surface area contributed by atoms with Crippen molar-refractivity contribution in [2.75, 3.05) is 17.2 Å². The van der Waals surface area contributed by atoms with Crippen LogP contribution in [0.15, 0.2) is 42.6 Å². The number of hydrogen-bond acceptors (Lipinski definition) is 6. The van der Waals surface area contributed by atoms with Crippen molar-refractivity contribution in [1.82, 2.24) is 9.88 Å². The predicted molar refractivity (Wildman–Crippen MR) is 117 cm³/mol. The molecular formula is C20H24N4O5S. The summed E-state index contributed by atoms with van der Waals surface area (Å²) in [6.07, 6.45) is -0.235. The van der Waals surface area contributed by atoms with E-state index in [1.165, 1.54) is 6.20 Å². The fourth-order valence-corrected chi connectivity index (χ4v) is 2.56. The molecule has 0 spiro atoms. The van der Waals surface area contributed by atoms with E-state index in [4.69, 9.17) is 26.8 Å². The number of benzene rings is 1. The van der Waals surface area contributed by atoms with Gasteiger partial charge >= 0.3 is 12.2 Å². The molecular weight excluding hydrogens is 408 g/mol. The third-order valence-electron chi connectivity index (χ3n) is 3.48. The molecule has 30 heavy (non-hydrogen) atoms. The van der Waals surface area contributed by atoms with Crippen LogP contribution in [0.2, 0.25) is 0 Å². The Balaban J connectivity index is 1.99. The number of carbonyl (C=O) groups is 2. The number of carboxylic acid groups (broad SMARTS) is 1. The van der Waals surface area contributed by atoms with E-state index in [0.29, 0.717) is 23.0 Å². The quantitative estimate of drug-likeness (QED) is 0.571. The van der Waals surface area contributed by atoms with Gasteiger partial charge < -0.3 is 19.9 Å². The van der Waals surface area contributed by atoms with E-state index in [9.17, 15) is 9.59 Å². The van der Waals surface area contributed by atoms with Gasteiger partial charge in [-0.3, -0.25) is 10.2 Å². The SMILES string of the molecule is CCN(C(=O)O)C(=S)Nc1ccc(Oc2cccc(NC(=O)OC(C)(C)C)c2)cn1. The fraction of sp³-hybridized carbons (Fsp3) is 0.300. The summed E-state index contributed by atoms with van der Waals surface area (Å²) in [6, 6.07) is 10.1. The number of anilines is 2.